The molecule has 0 atom stereocenters. The second kappa shape index (κ2) is 11.8. The standard InChI is InChI=1S/C24H27F2N5O4.ClH/c25-24(26)35-18-12-20-19(29-14-18)1-2-23(32)31(20)8-7-30-5-3-16(4-6-30)27-13-17-11-21-22(15-28-17)34-10-9-33-21;/h1-2,11-12,14-16,24,27H,3-10,13H2;1H. The van der Waals surface area contributed by atoms with Crippen LogP contribution in [0.4, 0.5) is 8.78 Å². The van der Waals surface area contributed by atoms with Crippen LogP contribution in [0.3, 0.4) is 0 Å². The summed E-state index contributed by atoms with van der Waals surface area (Å²) in [4.78, 5) is 23.4. The molecule has 1 saturated heterocycles. The molecule has 194 valence electrons. The Hall–Kier alpha value is -3.02. The van der Waals surface area contributed by atoms with E-state index in [0.717, 1.165) is 37.4 Å². The molecule has 2 aliphatic heterocycles. The largest absolute Gasteiger partial charge is 0.486 e. The third kappa shape index (κ3) is 6.21. The van der Waals surface area contributed by atoms with Gasteiger partial charge >= 0.3 is 6.61 Å². The Balaban J connectivity index is 0.00000304. The lowest BCUT2D eigenvalue weighted by atomic mass is 10.0. The summed E-state index contributed by atoms with van der Waals surface area (Å²) in [6, 6.07) is 6.78. The number of likely N-dealkylation sites (tertiary alicyclic amines) is 1. The van der Waals surface area contributed by atoms with Gasteiger partial charge in [0.2, 0.25) is 0 Å². The van der Waals surface area contributed by atoms with E-state index >= 15 is 0 Å². The predicted molar refractivity (Wildman–Crippen MR) is 131 cm³/mol. The number of pyridine rings is 3. The maximum absolute atomic E-state index is 12.6. The van der Waals surface area contributed by atoms with Crippen molar-refractivity contribution in [3.05, 3.63) is 52.7 Å². The monoisotopic (exact) mass is 523 g/mol. The van der Waals surface area contributed by atoms with Crippen LogP contribution < -0.4 is 25.1 Å². The highest BCUT2D eigenvalue weighted by Gasteiger charge is 2.20. The topological polar surface area (TPSA) is 90.7 Å². The normalized spacial score (nSPS) is 16.2. The first-order valence-electron chi connectivity index (χ1n) is 11.7. The molecule has 0 amide bonds. The van der Waals surface area contributed by atoms with E-state index in [9.17, 15) is 13.6 Å². The maximum atomic E-state index is 12.6. The first kappa shape index (κ1) is 26.1. The maximum Gasteiger partial charge on any atom is 0.387 e. The van der Waals surface area contributed by atoms with Crippen LogP contribution in [0.5, 0.6) is 17.2 Å². The van der Waals surface area contributed by atoms with Gasteiger partial charge in [0, 0.05) is 43.9 Å². The summed E-state index contributed by atoms with van der Waals surface area (Å²) in [5, 5.41) is 3.57. The number of rotatable bonds is 8. The van der Waals surface area contributed by atoms with E-state index in [0.29, 0.717) is 55.7 Å². The molecular weight excluding hydrogens is 496 g/mol. The molecule has 0 unspecified atom stereocenters. The van der Waals surface area contributed by atoms with E-state index < -0.39 is 6.61 Å². The van der Waals surface area contributed by atoms with Crippen molar-refractivity contribution in [1.29, 1.82) is 0 Å². The summed E-state index contributed by atoms with van der Waals surface area (Å²) in [5.41, 5.74) is 1.76. The molecule has 5 heterocycles. The van der Waals surface area contributed by atoms with Gasteiger partial charge in [0.25, 0.3) is 5.56 Å². The first-order valence-corrected chi connectivity index (χ1v) is 11.7. The molecule has 12 heteroatoms. The molecule has 0 aromatic carbocycles. The Bertz CT molecular complexity index is 1240. The van der Waals surface area contributed by atoms with E-state index in [1.807, 2.05) is 6.07 Å². The lowest BCUT2D eigenvalue weighted by Gasteiger charge is -2.32. The lowest BCUT2D eigenvalue weighted by Crippen LogP contribution is -2.43. The third-order valence-corrected chi connectivity index (χ3v) is 6.32. The van der Waals surface area contributed by atoms with Crippen molar-refractivity contribution in [2.24, 2.45) is 0 Å². The van der Waals surface area contributed by atoms with Crippen molar-refractivity contribution in [1.82, 2.24) is 24.8 Å². The fraction of sp³-hybridized carbons (Fsp3) is 0.458. The molecule has 0 radical (unpaired) electrons. The number of nitrogens with one attached hydrogen (secondary N) is 1. The summed E-state index contributed by atoms with van der Waals surface area (Å²) in [6.45, 7) is 1.71. The molecular formula is C24H28ClF2N5O4. The molecule has 0 bridgehead atoms. The quantitative estimate of drug-likeness (QED) is 0.482. The number of ether oxygens (including phenoxy) is 3. The Morgan fingerprint density at radius 3 is 2.61 bits per heavy atom. The average Bonchev–Trinajstić information content (AvgIpc) is 2.87. The third-order valence-electron chi connectivity index (χ3n) is 6.32. The molecule has 1 fully saturated rings. The Kier molecular flexibility index (Phi) is 8.55. The minimum Gasteiger partial charge on any atom is -0.486 e. The molecule has 0 aliphatic carbocycles. The molecule has 3 aromatic rings. The van der Waals surface area contributed by atoms with Crippen LogP contribution in [0.25, 0.3) is 11.0 Å². The van der Waals surface area contributed by atoms with E-state index in [-0.39, 0.29) is 23.7 Å². The molecule has 1 N–H and O–H groups in total. The number of hydrogen-bond donors (Lipinski definition) is 1. The highest BCUT2D eigenvalue weighted by atomic mass is 35.5. The Morgan fingerprint density at radius 1 is 1.06 bits per heavy atom. The zero-order valence-corrected chi connectivity index (χ0v) is 20.4. The molecule has 2 aliphatic rings. The minimum atomic E-state index is -2.95. The van der Waals surface area contributed by atoms with Crippen LogP contribution in [0.15, 0.2) is 41.5 Å². The zero-order chi connectivity index (χ0) is 24.2. The molecule has 9 nitrogen and oxygen atoms in total. The highest BCUT2D eigenvalue weighted by molar-refractivity contribution is 5.85. The second-order valence-electron chi connectivity index (χ2n) is 8.59. The molecule has 0 saturated carbocycles. The van der Waals surface area contributed by atoms with Gasteiger partial charge in [-0.15, -0.1) is 12.4 Å². The number of nitrogens with zero attached hydrogens (tertiary/aromatic N) is 4. The van der Waals surface area contributed by atoms with E-state index in [4.69, 9.17) is 9.47 Å². The first-order chi connectivity index (χ1) is 17.0. The molecule has 0 spiro atoms. The van der Waals surface area contributed by atoms with Crippen molar-refractivity contribution in [2.75, 3.05) is 32.8 Å². The predicted octanol–water partition coefficient (Wildman–Crippen LogP) is 2.84. The molecule has 5 rings (SSSR count). The van der Waals surface area contributed by atoms with Crippen LogP contribution in [-0.2, 0) is 13.1 Å². The van der Waals surface area contributed by atoms with Gasteiger partial charge in [-0.1, -0.05) is 0 Å². The van der Waals surface area contributed by atoms with Gasteiger partial charge in [0.15, 0.2) is 11.5 Å². The van der Waals surface area contributed by atoms with E-state index in [1.54, 1.807) is 16.8 Å². The van der Waals surface area contributed by atoms with Crippen molar-refractivity contribution >= 4 is 23.4 Å². The number of hydrogen-bond acceptors (Lipinski definition) is 8. The smallest absolute Gasteiger partial charge is 0.387 e. The fourth-order valence-electron chi connectivity index (χ4n) is 4.48. The number of halogens is 3. The number of alkyl halides is 2. The van der Waals surface area contributed by atoms with Crippen LogP contribution in [0.2, 0.25) is 0 Å². The van der Waals surface area contributed by atoms with Crippen LogP contribution in [-0.4, -0.2) is 64.9 Å². The van der Waals surface area contributed by atoms with Crippen LogP contribution in [0, 0.1) is 0 Å². The summed E-state index contributed by atoms with van der Waals surface area (Å²) in [5.74, 6) is 1.36. The van der Waals surface area contributed by atoms with Gasteiger partial charge in [0.05, 0.1) is 29.1 Å². The Morgan fingerprint density at radius 2 is 1.83 bits per heavy atom. The van der Waals surface area contributed by atoms with Gasteiger partial charge in [-0.05, 0) is 32.0 Å². The Labute approximate surface area is 212 Å². The lowest BCUT2D eigenvalue weighted by molar-refractivity contribution is -0.0499. The fourth-order valence-corrected chi connectivity index (χ4v) is 4.48. The van der Waals surface area contributed by atoms with Crippen molar-refractivity contribution < 1.29 is 23.0 Å². The van der Waals surface area contributed by atoms with Gasteiger partial charge in [0.1, 0.15) is 19.0 Å². The van der Waals surface area contributed by atoms with Gasteiger partial charge in [-0.3, -0.25) is 14.8 Å². The average molecular weight is 524 g/mol. The number of fused-ring (bicyclic) bond motifs is 2. The highest BCUT2D eigenvalue weighted by Crippen LogP contribution is 2.29. The number of piperidine rings is 1. The molecule has 3 aromatic heterocycles. The van der Waals surface area contributed by atoms with Gasteiger partial charge < -0.3 is 29.0 Å². The van der Waals surface area contributed by atoms with Gasteiger partial charge in [-0.25, -0.2) is 0 Å². The summed E-state index contributed by atoms with van der Waals surface area (Å²) < 4.78 is 42.4. The van der Waals surface area contributed by atoms with Crippen molar-refractivity contribution in [3.8, 4) is 17.2 Å². The van der Waals surface area contributed by atoms with Crippen molar-refractivity contribution in [2.45, 2.75) is 38.6 Å². The van der Waals surface area contributed by atoms with Crippen LogP contribution >= 0.6 is 12.4 Å². The van der Waals surface area contributed by atoms with Gasteiger partial charge in [-0.2, -0.15) is 8.78 Å². The van der Waals surface area contributed by atoms with E-state index in [2.05, 4.69) is 24.9 Å². The number of aromatic nitrogens is 3. The van der Waals surface area contributed by atoms with Crippen LogP contribution in [0.1, 0.15) is 18.5 Å². The summed E-state index contributed by atoms with van der Waals surface area (Å²) >= 11 is 0. The van der Waals surface area contributed by atoms with E-state index in [1.165, 1.54) is 18.3 Å². The zero-order valence-electron chi connectivity index (χ0n) is 19.6. The summed E-state index contributed by atoms with van der Waals surface area (Å²) in [7, 11) is 0. The summed E-state index contributed by atoms with van der Waals surface area (Å²) in [6.07, 6.45) is 4.90. The van der Waals surface area contributed by atoms with Crippen molar-refractivity contribution in [3.63, 3.8) is 0 Å². The molecule has 36 heavy (non-hydrogen) atoms. The SMILES string of the molecule is Cl.O=c1ccc2ncc(OC(F)F)cc2n1CCN1CCC(NCc2cc3c(cn2)OCCO3)CC1. The second-order valence-corrected chi connectivity index (χ2v) is 8.59. The minimum absolute atomic E-state index is 0.